The van der Waals surface area contributed by atoms with Crippen LogP contribution in [0.25, 0.3) is 11.1 Å². The zero-order valence-electron chi connectivity index (χ0n) is 14.8. The number of rotatable bonds is 4. The molecule has 1 N–H and O–H groups in total. The predicted octanol–water partition coefficient (Wildman–Crippen LogP) is 2.26. The molecule has 0 amide bonds. The summed E-state index contributed by atoms with van der Waals surface area (Å²) in [5.74, 6) is -0.264. The van der Waals surface area contributed by atoms with Gasteiger partial charge in [0.1, 0.15) is 10.6 Å². The van der Waals surface area contributed by atoms with E-state index in [-0.39, 0.29) is 16.7 Å². The molecule has 26 heavy (non-hydrogen) atoms. The molecule has 2 aromatic carbocycles. The molecule has 0 unspecified atom stereocenters. The van der Waals surface area contributed by atoms with Crippen molar-refractivity contribution < 1.29 is 13.5 Å². The smallest absolute Gasteiger partial charge is 0.246 e. The first-order valence-electron chi connectivity index (χ1n) is 8.33. The second-order valence-electron chi connectivity index (χ2n) is 6.64. The van der Waals surface area contributed by atoms with E-state index in [2.05, 4.69) is 6.07 Å². The zero-order valence-corrected chi connectivity index (χ0v) is 15.6. The molecule has 3 rings (SSSR count). The molecule has 1 atom stereocenters. The fourth-order valence-corrected chi connectivity index (χ4v) is 4.70. The van der Waals surface area contributed by atoms with Gasteiger partial charge in [-0.15, -0.1) is 0 Å². The Labute approximate surface area is 154 Å². The maximum Gasteiger partial charge on any atom is 0.246 e. The van der Waals surface area contributed by atoms with Crippen molar-refractivity contribution >= 4 is 10.0 Å². The highest BCUT2D eigenvalue weighted by atomic mass is 32.2. The van der Waals surface area contributed by atoms with Crippen LogP contribution >= 0.6 is 0 Å². The number of likely N-dealkylation sites (N-methyl/N-ethyl adjacent to an activating group) is 1. The number of sulfonamides is 1. The normalized spacial score (nSPS) is 18.2. The molecule has 0 aliphatic carbocycles. The van der Waals surface area contributed by atoms with E-state index in [1.807, 2.05) is 19.0 Å². The monoisotopic (exact) mass is 371 g/mol. The van der Waals surface area contributed by atoms with Gasteiger partial charge >= 0.3 is 0 Å². The van der Waals surface area contributed by atoms with Crippen LogP contribution < -0.4 is 0 Å². The lowest BCUT2D eigenvalue weighted by Gasteiger charge is -2.20. The molecular formula is C19H21N3O3S. The first-order valence-corrected chi connectivity index (χ1v) is 9.77. The third kappa shape index (κ3) is 3.44. The number of nitriles is 1. The van der Waals surface area contributed by atoms with Crippen molar-refractivity contribution in [3.8, 4) is 22.9 Å². The summed E-state index contributed by atoms with van der Waals surface area (Å²) in [6, 6.07) is 13.7. The third-order valence-electron chi connectivity index (χ3n) is 4.78. The van der Waals surface area contributed by atoms with Crippen molar-refractivity contribution in [3.05, 3.63) is 48.0 Å². The van der Waals surface area contributed by atoms with Gasteiger partial charge in [0.05, 0.1) is 11.6 Å². The summed E-state index contributed by atoms with van der Waals surface area (Å²) in [4.78, 5) is 1.94. The largest absolute Gasteiger partial charge is 0.507 e. The van der Waals surface area contributed by atoms with E-state index < -0.39 is 10.0 Å². The van der Waals surface area contributed by atoms with Crippen LogP contribution in [-0.2, 0) is 10.0 Å². The van der Waals surface area contributed by atoms with E-state index in [9.17, 15) is 13.5 Å². The highest BCUT2D eigenvalue weighted by molar-refractivity contribution is 7.89. The fraction of sp³-hybridized carbons (Fsp3) is 0.316. The fourth-order valence-electron chi connectivity index (χ4n) is 3.14. The van der Waals surface area contributed by atoms with Crippen LogP contribution in [-0.4, -0.2) is 56.0 Å². The predicted molar refractivity (Wildman–Crippen MR) is 99.1 cm³/mol. The van der Waals surface area contributed by atoms with Gasteiger partial charge in [0, 0.05) is 19.1 Å². The standard InChI is InChI=1S/C19H21N3O3S/c1-21(2)17-9-10-22(13-17)26(24,25)19-8-7-16(11-18(19)23)15-5-3-14(12-20)4-6-15/h3-8,11,17,23H,9-10,13H2,1-2H3/t17-/m1/s1. The number of aromatic hydroxyl groups is 1. The van der Waals surface area contributed by atoms with Crippen LogP contribution in [0.15, 0.2) is 47.4 Å². The van der Waals surface area contributed by atoms with E-state index in [0.29, 0.717) is 24.2 Å². The second kappa shape index (κ2) is 7.08. The molecule has 6 nitrogen and oxygen atoms in total. The summed E-state index contributed by atoms with van der Waals surface area (Å²) in [6.45, 7) is 0.869. The molecule has 1 aliphatic heterocycles. The van der Waals surface area contributed by atoms with E-state index in [1.165, 1.54) is 16.4 Å². The quantitative estimate of drug-likeness (QED) is 0.891. The summed E-state index contributed by atoms with van der Waals surface area (Å²) < 4.78 is 27.2. The Morgan fingerprint density at radius 1 is 1.15 bits per heavy atom. The number of hydrogen-bond donors (Lipinski definition) is 1. The van der Waals surface area contributed by atoms with Crippen LogP contribution in [0.2, 0.25) is 0 Å². The van der Waals surface area contributed by atoms with Crippen molar-refractivity contribution in [2.75, 3.05) is 27.2 Å². The highest BCUT2D eigenvalue weighted by Gasteiger charge is 2.34. The van der Waals surface area contributed by atoms with Crippen molar-refractivity contribution in [1.82, 2.24) is 9.21 Å². The van der Waals surface area contributed by atoms with E-state index in [4.69, 9.17) is 5.26 Å². The molecule has 7 heteroatoms. The lowest BCUT2D eigenvalue weighted by molar-refractivity contribution is 0.302. The maximum atomic E-state index is 12.9. The third-order valence-corrected chi connectivity index (χ3v) is 6.69. The van der Waals surface area contributed by atoms with E-state index in [1.54, 1.807) is 30.3 Å². The van der Waals surface area contributed by atoms with E-state index >= 15 is 0 Å². The van der Waals surface area contributed by atoms with Gasteiger partial charge in [-0.1, -0.05) is 18.2 Å². The first-order chi connectivity index (χ1) is 12.3. The average molecular weight is 371 g/mol. The molecule has 0 saturated carbocycles. The van der Waals surface area contributed by atoms with Gasteiger partial charge < -0.3 is 10.0 Å². The van der Waals surface area contributed by atoms with Gasteiger partial charge in [0.25, 0.3) is 0 Å². The lowest BCUT2D eigenvalue weighted by atomic mass is 10.0. The van der Waals surface area contributed by atoms with Gasteiger partial charge in [0.15, 0.2) is 0 Å². The Balaban J connectivity index is 1.88. The topological polar surface area (TPSA) is 84.6 Å². The summed E-state index contributed by atoms with van der Waals surface area (Å²) in [7, 11) is 0.138. The van der Waals surface area contributed by atoms with Crippen LogP contribution in [0.5, 0.6) is 5.75 Å². The average Bonchev–Trinajstić information content (AvgIpc) is 3.13. The van der Waals surface area contributed by atoms with Crippen molar-refractivity contribution in [2.45, 2.75) is 17.4 Å². The molecule has 0 bridgehead atoms. The molecule has 2 aromatic rings. The molecule has 1 fully saturated rings. The molecule has 1 heterocycles. The van der Waals surface area contributed by atoms with Gasteiger partial charge in [-0.3, -0.25) is 0 Å². The van der Waals surface area contributed by atoms with E-state index in [0.717, 1.165) is 12.0 Å². The molecule has 136 valence electrons. The number of hydrogen-bond acceptors (Lipinski definition) is 5. The minimum Gasteiger partial charge on any atom is -0.507 e. The van der Waals surface area contributed by atoms with Gasteiger partial charge in [-0.25, -0.2) is 8.42 Å². The first kappa shape index (κ1) is 18.4. The molecular weight excluding hydrogens is 350 g/mol. The Morgan fingerprint density at radius 2 is 1.81 bits per heavy atom. The number of benzene rings is 2. The maximum absolute atomic E-state index is 12.9. The van der Waals surface area contributed by atoms with Crippen LogP contribution in [0.1, 0.15) is 12.0 Å². The molecule has 1 saturated heterocycles. The Bertz CT molecular complexity index is 947. The summed E-state index contributed by atoms with van der Waals surface area (Å²) in [6.07, 6.45) is 0.774. The van der Waals surface area contributed by atoms with Gasteiger partial charge in [0.2, 0.25) is 10.0 Å². The van der Waals surface area contributed by atoms with Crippen molar-refractivity contribution in [2.24, 2.45) is 0 Å². The zero-order chi connectivity index (χ0) is 18.9. The number of phenols is 1. The SMILES string of the molecule is CN(C)[C@@H]1CCN(S(=O)(=O)c2ccc(-c3ccc(C#N)cc3)cc2O)C1. The van der Waals surface area contributed by atoms with Crippen LogP contribution in [0.4, 0.5) is 0 Å². The highest BCUT2D eigenvalue weighted by Crippen LogP contribution is 2.32. The molecule has 1 aliphatic rings. The Hall–Kier alpha value is -2.40. The lowest BCUT2D eigenvalue weighted by Crippen LogP contribution is -2.34. The van der Waals surface area contributed by atoms with Gasteiger partial charge in [-0.05, 0) is 55.9 Å². The van der Waals surface area contributed by atoms with Crippen LogP contribution in [0.3, 0.4) is 0 Å². The van der Waals surface area contributed by atoms with Crippen molar-refractivity contribution in [1.29, 1.82) is 5.26 Å². The second-order valence-corrected chi connectivity index (χ2v) is 8.55. The number of nitrogens with zero attached hydrogens (tertiary/aromatic N) is 3. The Kier molecular flexibility index (Phi) is 5.01. The van der Waals surface area contributed by atoms with Gasteiger partial charge in [-0.2, -0.15) is 9.57 Å². The summed E-state index contributed by atoms with van der Waals surface area (Å²) in [5, 5.41) is 19.2. The molecule has 0 aromatic heterocycles. The molecule has 0 radical (unpaired) electrons. The van der Waals surface area contributed by atoms with Crippen molar-refractivity contribution in [3.63, 3.8) is 0 Å². The Morgan fingerprint density at radius 3 is 2.35 bits per heavy atom. The summed E-state index contributed by atoms with van der Waals surface area (Å²) in [5.41, 5.74) is 2.04. The molecule has 0 spiro atoms. The number of phenolic OH excluding ortho intramolecular Hbond substituents is 1. The summed E-state index contributed by atoms with van der Waals surface area (Å²) >= 11 is 0. The minimum absolute atomic E-state index is 0.0747. The minimum atomic E-state index is -3.73. The van der Waals surface area contributed by atoms with Crippen LogP contribution in [0, 0.1) is 11.3 Å².